The van der Waals surface area contributed by atoms with E-state index in [1.54, 1.807) is 0 Å². The summed E-state index contributed by atoms with van der Waals surface area (Å²) < 4.78 is 0. The van der Waals surface area contributed by atoms with Crippen LogP contribution in [0.25, 0.3) is 6.15 Å². The maximum atomic E-state index is 10.5. The summed E-state index contributed by atoms with van der Waals surface area (Å²) in [5, 5.41) is 21.1. The third-order valence-electron chi connectivity index (χ3n) is 4.98. The van der Waals surface area contributed by atoms with E-state index in [1.165, 1.54) is 18.4 Å². The Morgan fingerprint density at radius 1 is 1.19 bits per heavy atom. The van der Waals surface area contributed by atoms with Gasteiger partial charge in [-0.2, -0.15) is 0 Å². The van der Waals surface area contributed by atoms with Crippen molar-refractivity contribution in [1.82, 2.24) is 0 Å². The molecule has 0 aliphatic heterocycles. The van der Waals surface area contributed by atoms with E-state index in [0.717, 1.165) is 36.8 Å². The standard InChI is InChI=1S/C21H30O2.CH3.H2N.Pt/c1-5-6-7-8-16-12-19(22)21(20(23)13-16)18-11-15(4)9-10-17(18)14(2)3;;;/h11-13,17-18,22-23H,2,5-10H2,1,3-4H3;1H3;1H2;/q;2*-1;+2/t17?,18-;;;/m0.../s1. The number of hydrogen-bond acceptors (Lipinski definition) is 2. The van der Waals surface area contributed by atoms with Crippen LogP contribution < -0.4 is 0 Å². The summed E-state index contributed by atoms with van der Waals surface area (Å²) in [6.07, 6.45) is 8.61. The van der Waals surface area contributed by atoms with Gasteiger partial charge in [0.1, 0.15) is 11.5 Å². The van der Waals surface area contributed by atoms with Crippen molar-refractivity contribution in [2.24, 2.45) is 5.92 Å². The molecule has 1 aromatic rings. The van der Waals surface area contributed by atoms with Crippen LogP contribution in [0.3, 0.4) is 0 Å². The number of phenols is 2. The second kappa shape index (κ2) is 12.4. The molecule has 1 aromatic carbocycles. The molecule has 1 unspecified atom stereocenters. The third-order valence-corrected chi connectivity index (χ3v) is 4.98. The van der Waals surface area contributed by atoms with Crippen molar-refractivity contribution in [3.63, 3.8) is 0 Å². The smallest absolute Gasteiger partial charge is 0.693 e. The second-order valence-corrected chi connectivity index (χ2v) is 7.04. The zero-order valence-corrected chi connectivity index (χ0v) is 18.9. The molecule has 0 saturated heterocycles. The van der Waals surface area contributed by atoms with E-state index in [9.17, 15) is 10.2 Å². The van der Waals surface area contributed by atoms with Gasteiger partial charge in [-0.25, -0.2) is 0 Å². The van der Waals surface area contributed by atoms with Gasteiger partial charge in [0.25, 0.3) is 0 Å². The first-order valence-corrected chi connectivity index (χ1v) is 8.81. The Kier molecular flexibility index (Phi) is 12.9. The number of unbranched alkanes of at least 4 members (excludes halogenated alkanes) is 2. The summed E-state index contributed by atoms with van der Waals surface area (Å²) in [6.45, 7) is 10.4. The van der Waals surface area contributed by atoms with Gasteiger partial charge in [-0.15, -0.1) is 0 Å². The summed E-state index contributed by atoms with van der Waals surface area (Å²) in [6, 6.07) is 3.66. The van der Waals surface area contributed by atoms with Gasteiger partial charge in [-0.1, -0.05) is 43.6 Å². The Labute approximate surface area is 174 Å². The first-order valence-electron chi connectivity index (χ1n) is 8.81. The molecule has 0 bridgehead atoms. The minimum Gasteiger partial charge on any atom is -0.693 e. The van der Waals surface area contributed by atoms with E-state index in [0.29, 0.717) is 5.56 Å². The minimum absolute atomic E-state index is 0. The Bertz CT molecular complexity index is 587. The van der Waals surface area contributed by atoms with Crippen molar-refractivity contribution < 1.29 is 31.3 Å². The van der Waals surface area contributed by atoms with Crippen LogP contribution >= 0.6 is 0 Å². The van der Waals surface area contributed by atoms with Crippen LogP contribution in [0.1, 0.15) is 69.9 Å². The first kappa shape index (κ1) is 27.2. The number of phenolic OH excluding ortho intramolecular Hbond substituents is 2. The number of hydrogen-bond donors (Lipinski definition) is 2. The average molecular weight is 541 g/mol. The van der Waals surface area contributed by atoms with Crippen molar-refractivity contribution in [3.8, 4) is 11.5 Å². The molecule has 0 saturated carbocycles. The van der Waals surface area contributed by atoms with Crippen LogP contribution in [-0.4, -0.2) is 10.2 Å². The zero-order valence-electron chi connectivity index (χ0n) is 16.6. The fourth-order valence-corrected chi connectivity index (χ4v) is 3.65. The molecule has 2 rings (SSSR count). The summed E-state index contributed by atoms with van der Waals surface area (Å²) in [4.78, 5) is 0. The monoisotopic (exact) mass is 540 g/mol. The van der Waals surface area contributed by atoms with E-state index in [-0.39, 0.29) is 58.0 Å². The molecule has 1 aliphatic carbocycles. The van der Waals surface area contributed by atoms with E-state index in [4.69, 9.17) is 0 Å². The Balaban J connectivity index is 0. The molecular weight excluding hydrogens is 505 g/mol. The van der Waals surface area contributed by atoms with E-state index in [2.05, 4.69) is 26.5 Å². The van der Waals surface area contributed by atoms with Crippen molar-refractivity contribution >= 4 is 0 Å². The van der Waals surface area contributed by atoms with E-state index in [1.807, 2.05) is 19.1 Å². The van der Waals surface area contributed by atoms with E-state index < -0.39 is 0 Å². The number of aromatic hydroxyl groups is 2. The van der Waals surface area contributed by atoms with Gasteiger partial charge >= 0.3 is 21.1 Å². The molecule has 4 N–H and O–H groups in total. The van der Waals surface area contributed by atoms with Crippen LogP contribution in [0, 0.1) is 13.3 Å². The number of benzene rings is 1. The predicted molar refractivity (Wildman–Crippen MR) is 109 cm³/mol. The number of rotatable bonds is 6. The molecule has 2 atom stereocenters. The average Bonchev–Trinajstić information content (AvgIpc) is 2.46. The van der Waals surface area contributed by atoms with Crippen LogP contribution in [-0.2, 0) is 27.5 Å². The quantitative estimate of drug-likeness (QED) is 0.231. The number of aryl methyl sites for hydroxylation is 1. The van der Waals surface area contributed by atoms with Gasteiger partial charge in [0.2, 0.25) is 0 Å². The molecule has 0 fully saturated rings. The summed E-state index contributed by atoms with van der Waals surface area (Å²) in [5.41, 5.74) is 4.11. The normalized spacial score (nSPS) is 18.7. The summed E-state index contributed by atoms with van der Waals surface area (Å²) >= 11 is 0. The van der Waals surface area contributed by atoms with Gasteiger partial charge in [0, 0.05) is 11.5 Å². The SMILES string of the molecule is C=C(C)C1CCC(C)=C[C@@H]1c1c(O)cc(CCCCC)cc1O.[CH3-].[NH2-].[Pt+2]. The Morgan fingerprint density at radius 3 is 2.27 bits per heavy atom. The molecule has 1 aliphatic rings. The predicted octanol–water partition coefficient (Wildman–Crippen LogP) is 7.01. The molecule has 0 radical (unpaired) electrons. The van der Waals surface area contributed by atoms with Crippen molar-refractivity contribution in [1.29, 1.82) is 0 Å². The Hall–Kier alpha value is -1.05. The van der Waals surface area contributed by atoms with Crippen LogP contribution in [0.4, 0.5) is 0 Å². The molecule has 0 amide bonds. The number of nitrogens with two attached hydrogens (primary N) is 1. The summed E-state index contributed by atoms with van der Waals surface area (Å²) in [7, 11) is 0. The molecule has 26 heavy (non-hydrogen) atoms. The topological polar surface area (TPSA) is 74.0 Å². The second-order valence-electron chi connectivity index (χ2n) is 7.04. The van der Waals surface area contributed by atoms with E-state index >= 15 is 0 Å². The van der Waals surface area contributed by atoms with Gasteiger partial charge < -0.3 is 23.8 Å². The minimum atomic E-state index is 0. The molecule has 4 heteroatoms. The third kappa shape index (κ3) is 6.59. The van der Waals surface area contributed by atoms with Crippen molar-refractivity contribution in [3.05, 3.63) is 60.6 Å². The first-order chi connectivity index (χ1) is 10.9. The van der Waals surface area contributed by atoms with Crippen molar-refractivity contribution in [2.75, 3.05) is 0 Å². The maximum absolute atomic E-state index is 10.5. The fourth-order valence-electron chi connectivity index (χ4n) is 3.65. The Morgan fingerprint density at radius 2 is 1.77 bits per heavy atom. The van der Waals surface area contributed by atoms with Gasteiger partial charge in [0.05, 0.1) is 0 Å². The van der Waals surface area contributed by atoms with Gasteiger partial charge in [-0.3, -0.25) is 0 Å². The fraction of sp³-hybridized carbons (Fsp3) is 0.500. The van der Waals surface area contributed by atoms with Crippen LogP contribution in [0.2, 0.25) is 0 Å². The molecule has 150 valence electrons. The van der Waals surface area contributed by atoms with Crippen LogP contribution in [0.5, 0.6) is 11.5 Å². The molecule has 0 heterocycles. The van der Waals surface area contributed by atoms with Gasteiger partial charge in [-0.05, 0) is 63.1 Å². The maximum Gasteiger partial charge on any atom is 2.00 e. The molecule has 0 spiro atoms. The molecule has 0 aromatic heterocycles. The van der Waals surface area contributed by atoms with Crippen molar-refractivity contribution in [2.45, 2.75) is 65.2 Å². The molecule has 3 nitrogen and oxygen atoms in total. The molecular formula is C22H35NO2Pt. The zero-order chi connectivity index (χ0) is 17.0. The van der Waals surface area contributed by atoms with Crippen LogP contribution in [0.15, 0.2) is 35.9 Å². The largest absolute Gasteiger partial charge is 2.00 e. The van der Waals surface area contributed by atoms with Gasteiger partial charge in [0.15, 0.2) is 0 Å². The summed E-state index contributed by atoms with van der Waals surface area (Å²) in [5.74, 6) is 0.741. The number of allylic oxidation sites excluding steroid dienone is 3.